The van der Waals surface area contributed by atoms with Gasteiger partial charge in [0.2, 0.25) is 11.8 Å². The van der Waals surface area contributed by atoms with Gasteiger partial charge in [0, 0.05) is 10.8 Å². The maximum Gasteiger partial charge on any atom is 0.240 e. The van der Waals surface area contributed by atoms with Gasteiger partial charge in [-0.2, -0.15) is 0 Å². The Morgan fingerprint density at radius 2 is 1.85 bits per heavy atom. The molecule has 1 aliphatic carbocycles. The van der Waals surface area contributed by atoms with Crippen molar-refractivity contribution in [2.45, 2.75) is 38.1 Å². The molecule has 26 heavy (non-hydrogen) atoms. The van der Waals surface area contributed by atoms with Crippen LogP contribution in [0, 0.1) is 11.7 Å². The van der Waals surface area contributed by atoms with Crippen molar-refractivity contribution in [1.82, 2.24) is 10.6 Å². The van der Waals surface area contributed by atoms with E-state index in [2.05, 4.69) is 10.6 Å². The van der Waals surface area contributed by atoms with Crippen LogP contribution in [0.25, 0.3) is 0 Å². The molecule has 2 N–H and O–H groups in total. The third-order valence-corrected chi connectivity index (χ3v) is 5.67. The molecule has 138 valence electrons. The molecule has 1 aromatic carbocycles. The maximum atomic E-state index is 13.2. The number of thiophene rings is 1. The van der Waals surface area contributed by atoms with Crippen LogP contribution in [-0.2, 0) is 9.59 Å². The number of carbonyl (C=O) groups is 2. The number of hydrogen-bond acceptors (Lipinski definition) is 3. The third-order valence-electron chi connectivity index (χ3n) is 4.74. The Morgan fingerprint density at radius 1 is 1.12 bits per heavy atom. The zero-order chi connectivity index (χ0) is 18.4. The Kier molecular flexibility index (Phi) is 6.39. The molecule has 2 amide bonds. The van der Waals surface area contributed by atoms with Crippen molar-refractivity contribution in [2.24, 2.45) is 5.92 Å². The largest absolute Gasteiger partial charge is 0.347 e. The van der Waals surface area contributed by atoms with Crippen molar-refractivity contribution in [3.63, 3.8) is 0 Å². The van der Waals surface area contributed by atoms with Gasteiger partial charge in [0.1, 0.15) is 5.82 Å². The van der Waals surface area contributed by atoms with Crippen LogP contribution in [0.5, 0.6) is 0 Å². The lowest BCUT2D eigenvalue weighted by atomic mass is 9.89. The number of carbonyl (C=O) groups excluding carboxylic acids is 2. The minimum absolute atomic E-state index is 0.0294. The molecule has 1 aromatic heterocycles. The van der Waals surface area contributed by atoms with Crippen molar-refractivity contribution in [3.05, 3.63) is 58.0 Å². The Labute approximate surface area is 156 Å². The molecule has 1 atom stereocenters. The molecule has 1 saturated carbocycles. The van der Waals surface area contributed by atoms with Crippen LogP contribution >= 0.6 is 11.3 Å². The van der Waals surface area contributed by atoms with Crippen LogP contribution in [0.3, 0.4) is 0 Å². The topological polar surface area (TPSA) is 58.2 Å². The summed E-state index contributed by atoms with van der Waals surface area (Å²) in [7, 11) is 0. The molecule has 0 spiro atoms. The van der Waals surface area contributed by atoms with Gasteiger partial charge in [-0.15, -0.1) is 11.3 Å². The highest BCUT2D eigenvalue weighted by atomic mass is 32.1. The summed E-state index contributed by atoms with van der Waals surface area (Å²) in [5.41, 5.74) is 0.806. The standard InChI is InChI=1S/C20H23FN2O2S/c21-16-10-8-14(9-11-16)19(17-7-4-12-26-17)23-18(24)13-22-20(25)15-5-2-1-3-6-15/h4,7-12,15,19H,1-3,5-6,13H2,(H,22,25)(H,23,24). The van der Waals surface area contributed by atoms with E-state index in [4.69, 9.17) is 0 Å². The number of nitrogens with one attached hydrogen (secondary N) is 2. The SMILES string of the molecule is O=C(CNC(=O)C1CCCCC1)NC(c1ccc(F)cc1)c1cccs1. The number of rotatable bonds is 6. The molecule has 1 unspecified atom stereocenters. The van der Waals surface area contributed by atoms with Crippen LogP contribution in [0.4, 0.5) is 4.39 Å². The van der Waals surface area contributed by atoms with Crippen LogP contribution in [0.1, 0.15) is 48.6 Å². The zero-order valence-corrected chi connectivity index (χ0v) is 15.4. The van der Waals surface area contributed by atoms with Gasteiger partial charge in [-0.05, 0) is 42.0 Å². The average Bonchev–Trinajstić information content (AvgIpc) is 3.20. The van der Waals surface area contributed by atoms with Crippen LogP contribution < -0.4 is 10.6 Å². The molecule has 3 rings (SSSR count). The molecule has 0 aliphatic heterocycles. The van der Waals surface area contributed by atoms with Crippen LogP contribution in [0.2, 0.25) is 0 Å². The lowest BCUT2D eigenvalue weighted by Gasteiger charge is -2.21. The second-order valence-electron chi connectivity index (χ2n) is 6.62. The van der Waals surface area contributed by atoms with Crippen LogP contribution in [-0.4, -0.2) is 18.4 Å². The van der Waals surface area contributed by atoms with E-state index in [1.807, 2.05) is 17.5 Å². The smallest absolute Gasteiger partial charge is 0.240 e. The predicted molar refractivity (Wildman–Crippen MR) is 100 cm³/mol. The van der Waals surface area contributed by atoms with Gasteiger partial charge in [0.15, 0.2) is 0 Å². The Bertz CT molecular complexity index is 725. The minimum atomic E-state index is -0.352. The van der Waals surface area contributed by atoms with E-state index >= 15 is 0 Å². The van der Waals surface area contributed by atoms with Gasteiger partial charge in [-0.25, -0.2) is 4.39 Å². The summed E-state index contributed by atoms with van der Waals surface area (Å²) in [5, 5.41) is 7.64. The van der Waals surface area contributed by atoms with E-state index in [1.54, 1.807) is 12.1 Å². The van der Waals surface area contributed by atoms with E-state index in [0.29, 0.717) is 0 Å². The lowest BCUT2D eigenvalue weighted by Crippen LogP contribution is -2.41. The molecule has 0 radical (unpaired) electrons. The first kappa shape index (κ1) is 18.6. The third kappa shape index (κ3) is 4.91. The number of benzene rings is 1. The minimum Gasteiger partial charge on any atom is -0.347 e. The molecular weight excluding hydrogens is 351 g/mol. The summed E-state index contributed by atoms with van der Waals surface area (Å²) in [5.74, 6) is -0.572. The highest BCUT2D eigenvalue weighted by Crippen LogP contribution is 2.26. The molecule has 0 bridgehead atoms. The molecular formula is C20H23FN2O2S. The zero-order valence-electron chi connectivity index (χ0n) is 14.5. The quantitative estimate of drug-likeness (QED) is 0.808. The maximum absolute atomic E-state index is 13.2. The molecule has 4 nitrogen and oxygen atoms in total. The molecule has 1 aliphatic rings. The van der Waals surface area contributed by atoms with Crippen molar-refractivity contribution in [2.75, 3.05) is 6.54 Å². The molecule has 6 heteroatoms. The first-order valence-electron chi connectivity index (χ1n) is 8.99. The summed E-state index contributed by atoms with van der Waals surface area (Å²) < 4.78 is 13.2. The number of halogens is 1. The fourth-order valence-corrected chi connectivity index (χ4v) is 4.12. The first-order valence-corrected chi connectivity index (χ1v) is 9.87. The second-order valence-corrected chi connectivity index (χ2v) is 7.60. The molecule has 0 saturated heterocycles. The van der Waals surface area contributed by atoms with E-state index < -0.39 is 0 Å². The summed E-state index contributed by atoms with van der Waals surface area (Å²) in [6, 6.07) is 9.59. The van der Waals surface area contributed by atoms with Gasteiger partial charge in [-0.1, -0.05) is 37.5 Å². The van der Waals surface area contributed by atoms with Crippen molar-refractivity contribution in [3.8, 4) is 0 Å². The highest BCUT2D eigenvalue weighted by molar-refractivity contribution is 7.10. The van der Waals surface area contributed by atoms with Gasteiger partial charge < -0.3 is 10.6 Å². The Morgan fingerprint density at radius 3 is 2.50 bits per heavy atom. The summed E-state index contributed by atoms with van der Waals surface area (Å²) in [6.07, 6.45) is 5.15. The van der Waals surface area contributed by atoms with Gasteiger partial charge in [0.25, 0.3) is 0 Å². The Hall–Kier alpha value is -2.21. The highest BCUT2D eigenvalue weighted by Gasteiger charge is 2.22. The van der Waals surface area contributed by atoms with E-state index in [-0.39, 0.29) is 36.1 Å². The van der Waals surface area contributed by atoms with Gasteiger partial charge in [-0.3, -0.25) is 9.59 Å². The number of amides is 2. The summed E-state index contributed by atoms with van der Waals surface area (Å²) >= 11 is 1.52. The normalized spacial score (nSPS) is 16.0. The van der Waals surface area contributed by atoms with E-state index in [9.17, 15) is 14.0 Å². The lowest BCUT2D eigenvalue weighted by molar-refractivity contribution is -0.129. The molecule has 1 fully saturated rings. The predicted octanol–water partition coefficient (Wildman–Crippen LogP) is 3.79. The monoisotopic (exact) mass is 374 g/mol. The van der Waals surface area contributed by atoms with Crippen LogP contribution in [0.15, 0.2) is 41.8 Å². The summed E-state index contributed by atoms with van der Waals surface area (Å²) in [6.45, 7) is -0.0433. The molecule has 2 aromatic rings. The van der Waals surface area contributed by atoms with Gasteiger partial charge in [0.05, 0.1) is 12.6 Å². The van der Waals surface area contributed by atoms with E-state index in [1.165, 1.54) is 29.9 Å². The average molecular weight is 374 g/mol. The fraction of sp³-hybridized carbons (Fsp3) is 0.400. The van der Waals surface area contributed by atoms with Crippen molar-refractivity contribution < 1.29 is 14.0 Å². The molecule has 1 heterocycles. The fourth-order valence-electron chi connectivity index (χ4n) is 3.32. The van der Waals surface area contributed by atoms with Crippen molar-refractivity contribution in [1.29, 1.82) is 0 Å². The van der Waals surface area contributed by atoms with Gasteiger partial charge >= 0.3 is 0 Å². The first-order chi connectivity index (χ1) is 12.6. The Balaban J connectivity index is 1.60. The van der Waals surface area contributed by atoms with Crippen molar-refractivity contribution >= 4 is 23.2 Å². The van der Waals surface area contributed by atoms with E-state index in [0.717, 1.165) is 36.1 Å². The summed E-state index contributed by atoms with van der Waals surface area (Å²) in [4.78, 5) is 25.5. The number of hydrogen-bond donors (Lipinski definition) is 2. The second kappa shape index (κ2) is 8.94.